The summed E-state index contributed by atoms with van der Waals surface area (Å²) in [5.74, 6) is -2.99. The maximum atomic E-state index is 14.2. The van der Waals surface area contributed by atoms with E-state index in [0.29, 0.717) is 12.8 Å². The first-order valence-electron chi connectivity index (χ1n) is 7.60. The highest BCUT2D eigenvalue weighted by Gasteiger charge is 2.46. The monoisotopic (exact) mass is 385 g/mol. The fourth-order valence-corrected chi connectivity index (χ4v) is 4.35. The summed E-state index contributed by atoms with van der Waals surface area (Å²) in [5, 5.41) is 0. The van der Waals surface area contributed by atoms with E-state index in [1.807, 2.05) is 4.72 Å². The summed E-state index contributed by atoms with van der Waals surface area (Å²) >= 11 is 0. The SMILES string of the molecule is COc1cc(F)c(S(=O)(=O)NC2CCCCC2C(F)(F)F)cc1OC. The van der Waals surface area contributed by atoms with E-state index < -0.39 is 38.9 Å². The van der Waals surface area contributed by atoms with Crippen molar-refractivity contribution in [2.75, 3.05) is 14.2 Å². The molecule has 0 spiro atoms. The highest BCUT2D eigenvalue weighted by molar-refractivity contribution is 7.89. The van der Waals surface area contributed by atoms with Gasteiger partial charge in [-0.05, 0) is 12.8 Å². The Labute approximate surface area is 143 Å². The first-order valence-corrected chi connectivity index (χ1v) is 9.09. The van der Waals surface area contributed by atoms with Gasteiger partial charge in [0, 0.05) is 18.2 Å². The van der Waals surface area contributed by atoms with Crippen LogP contribution in [0.4, 0.5) is 17.6 Å². The van der Waals surface area contributed by atoms with Gasteiger partial charge in [0.1, 0.15) is 10.7 Å². The molecule has 0 heterocycles. The van der Waals surface area contributed by atoms with Gasteiger partial charge < -0.3 is 9.47 Å². The lowest BCUT2D eigenvalue weighted by Gasteiger charge is -2.33. The second-order valence-electron chi connectivity index (χ2n) is 5.80. The summed E-state index contributed by atoms with van der Waals surface area (Å²) in [7, 11) is -2.02. The highest BCUT2D eigenvalue weighted by Crippen LogP contribution is 2.39. The molecule has 0 aromatic heterocycles. The van der Waals surface area contributed by atoms with E-state index in [9.17, 15) is 26.0 Å². The molecule has 25 heavy (non-hydrogen) atoms. The third kappa shape index (κ3) is 4.35. The van der Waals surface area contributed by atoms with Gasteiger partial charge >= 0.3 is 6.18 Å². The van der Waals surface area contributed by atoms with Crippen molar-refractivity contribution in [2.24, 2.45) is 5.92 Å². The quantitative estimate of drug-likeness (QED) is 0.791. The number of ether oxygens (including phenoxy) is 2. The van der Waals surface area contributed by atoms with Crippen LogP contribution in [0.2, 0.25) is 0 Å². The second-order valence-corrected chi connectivity index (χ2v) is 7.48. The van der Waals surface area contributed by atoms with Gasteiger partial charge in [0.2, 0.25) is 10.0 Å². The molecule has 1 aromatic rings. The molecule has 0 amide bonds. The molecule has 1 saturated carbocycles. The molecule has 2 rings (SSSR count). The van der Waals surface area contributed by atoms with Gasteiger partial charge in [-0.25, -0.2) is 17.5 Å². The Hall–Kier alpha value is -1.55. The Kier molecular flexibility index (Phi) is 5.82. The average Bonchev–Trinajstić information content (AvgIpc) is 2.53. The van der Waals surface area contributed by atoms with Crippen molar-refractivity contribution in [1.29, 1.82) is 0 Å². The Balaban J connectivity index is 2.35. The first-order chi connectivity index (χ1) is 11.6. The van der Waals surface area contributed by atoms with Crippen LogP contribution < -0.4 is 14.2 Å². The van der Waals surface area contributed by atoms with Gasteiger partial charge in [-0.2, -0.15) is 13.2 Å². The molecule has 1 aromatic carbocycles. The molecule has 2 atom stereocenters. The van der Waals surface area contributed by atoms with Crippen LogP contribution in [0.15, 0.2) is 17.0 Å². The molecule has 1 aliphatic carbocycles. The number of hydrogen-bond acceptors (Lipinski definition) is 4. The Bertz CT molecular complexity index is 721. The van der Waals surface area contributed by atoms with E-state index in [0.717, 1.165) is 12.1 Å². The fourth-order valence-electron chi connectivity index (χ4n) is 2.97. The van der Waals surface area contributed by atoms with Gasteiger partial charge in [0.15, 0.2) is 11.5 Å². The molecule has 0 bridgehead atoms. The van der Waals surface area contributed by atoms with E-state index >= 15 is 0 Å². The molecule has 2 unspecified atom stereocenters. The zero-order chi connectivity index (χ0) is 18.8. The van der Waals surface area contributed by atoms with Crippen molar-refractivity contribution < 1.29 is 35.5 Å². The van der Waals surface area contributed by atoms with Crippen molar-refractivity contribution in [3.05, 3.63) is 17.9 Å². The number of sulfonamides is 1. The number of methoxy groups -OCH3 is 2. The maximum absolute atomic E-state index is 14.2. The van der Waals surface area contributed by atoms with Crippen molar-refractivity contribution in [3.8, 4) is 11.5 Å². The third-order valence-electron chi connectivity index (χ3n) is 4.22. The first kappa shape index (κ1) is 19.8. The smallest absolute Gasteiger partial charge is 0.393 e. The molecule has 0 radical (unpaired) electrons. The number of nitrogens with one attached hydrogen (secondary N) is 1. The van der Waals surface area contributed by atoms with E-state index in [-0.39, 0.29) is 24.3 Å². The lowest BCUT2D eigenvalue weighted by Crippen LogP contribution is -2.47. The van der Waals surface area contributed by atoms with E-state index in [1.54, 1.807) is 0 Å². The van der Waals surface area contributed by atoms with E-state index in [2.05, 4.69) is 0 Å². The van der Waals surface area contributed by atoms with Crippen molar-refractivity contribution >= 4 is 10.0 Å². The second kappa shape index (κ2) is 7.36. The largest absolute Gasteiger partial charge is 0.493 e. The number of alkyl halides is 3. The lowest BCUT2D eigenvalue weighted by molar-refractivity contribution is -0.187. The zero-order valence-corrected chi connectivity index (χ0v) is 14.5. The summed E-state index contributed by atoms with van der Waals surface area (Å²) in [5.41, 5.74) is 0. The fraction of sp³-hybridized carbons (Fsp3) is 0.600. The minimum Gasteiger partial charge on any atom is -0.493 e. The molecule has 142 valence electrons. The summed E-state index contributed by atoms with van der Waals surface area (Å²) in [6.07, 6.45) is -3.81. The van der Waals surface area contributed by atoms with Crippen LogP contribution >= 0.6 is 0 Å². The summed E-state index contributed by atoms with van der Waals surface area (Å²) < 4.78 is 90.2. The van der Waals surface area contributed by atoms with Gasteiger partial charge in [-0.3, -0.25) is 0 Å². The molecule has 10 heteroatoms. The minimum atomic E-state index is -4.52. The molecule has 1 fully saturated rings. The highest BCUT2D eigenvalue weighted by atomic mass is 32.2. The van der Waals surface area contributed by atoms with Crippen LogP contribution in [0.5, 0.6) is 11.5 Å². The number of rotatable bonds is 5. The van der Waals surface area contributed by atoms with Crippen LogP contribution in [0, 0.1) is 11.7 Å². The predicted molar refractivity (Wildman–Crippen MR) is 81.6 cm³/mol. The molecule has 1 aliphatic rings. The Morgan fingerprint density at radius 3 is 2.20 bits per heavy atom. The molecular formula is C15H19F4NO4S. The van der Waals surface area contributed by atoms with Gasteiger partial charge in [-0.1, -0.05) is 12.8 Å². The molecule has 0 saturated heterocycles. The third-order valence-corrected chi connectivity index (χ3v) is 5.73. The van der Waals surface area contributed by atoms with Gasteiger partial charge in [0.05, 0.1) is 20.1 Å². The summed E-state index contributed by atoms with van der Waals surface area (Å²) in [4.78, 5) is -0.781. The lowest BCUT2D eigenvalue weighted by atomic mass is 9.85. The Morgan fingerprint density at radius 2 is 1.64 bits per heavy atom. The van der Waals surface area contributed by atoms with Crippen LogP contribution in [0.1, 0.15) is 25.7 Å². The van der Waals surface area contributed by atoms with Crippen molar-refractivity contribution in [1.82, 2.24) is 4.72 Å². The average molecular weight is 385 g/mol. The predicted octanol–water partition coefficient (Wildman–Crippen LogP) is 3.24. The Morgan fingerprint density at radius 1 is 1.08 bits per heavy atom. The molecule has 1 N–H and O–H groups in total. The maximum Gasteiger partial charge on any atom is 0.393 e. The van der Waals surface area contributed by atoms with Crippen molar-refractivity contribution in [2.45, 2.75) is 42.8 Å². The molecule has 5 nitrogen and oxygen atoms in total. The minimum absolute atomic E-state index is 0.0233. The summed E-state index contributed by atoms with van der Waals surface area (Å²) in [6, 6.07) is 0.378. The summed E-state index contributed by atoms with van der Waals surface area (Å²) in [6.45, 7) is 0. The van der Waals surface area contributed by atoms with E-state index in [1.165, 1.54) is 14.2 Å². The standard InChI is InChI=1S/C15H19F4NO4S/c1-23-12-7-10(16)14(8-13(12)24-2)25(21,22)20-11-6-4-3-5-9(11)15(17,18)19/h7-9,11,20H,3-6H2,1-2H3. The number of halogens is 4. The van der Waals surface area contributed by atoms with Crippen LogP contribution in [0.3, 0.4) is 0 Å². The topological polar surface area (TPSA) is 64.6 Å². The van der Waals surface area contributed by atoms with Gasteiger partial charge in [-0.15, -0.1) is 0 Å². The number of hydrogen-bond donors (Lipinski definition) is 1. The van der Waals surface area contributed by atoms with Crippen LogP contribution in [-0.4, -0.2) is 34.9 Å². The zero-order valence-electron chi connectivity index (χ0n) is 13.7. The number of benzene rings is 1. The van der Waals surface area contributed by atoms with E-state index in [4.69, 9.17) is 9.47 Å². The van der Waals surface area contributed by atoms with Gasteiger partial charge in [0.25, 0.3) is 0 Å². The molecular weight excluding hydrogens is 366 g/mol. The normalized spacial score (nSPS) is 21.8. The van der Waals surface area contributed by atoms with Crippen LogP contribution in [0.25, 0.3) is 0 Å². The van der Waals surface area contributed by atoms with Crippen LogP contribution in [-0.2, 0) is 10.0 Å². The molecule has 0 aliphatic heterocycles. The van der Waals surface area contributed by atoms with Crippen molar-refractivity contribution in [3.63, 3.8) is 0 Å².